The molecule has 0 aromatic heterocycles. The molecule has 0 radical (unpaired) electrons. The van der Waals surface area contributed by atoms with Crippen LogP contribution in [0.25, 0.3) is 0 Å². The minimum absolute atomic E-state index is 0.612. The van der Waals surface area contributed by atoms with E-state index in [0.29, 0.717) is 17.2 Å². The highest BCUT2D eigenvalue weighted by atomic mass is 35.5. The standard InChI is InChI=1S/C9H10ClNO/c1-2-9(11-12)7-5-3-4-6-8(7)10/h3-6,12H,2H2,1H3. The lowest BCUT2D eigenvalue weighted by Crippen LogP contribution is -1.99. The molecule has 2 nitrogen and oxygen atoms in total. The van der Waals surface area contributed by atoms with Gasteiger partial charge in [-0.2, -0.15) is 0 Å². The van der Waals surface area contributed by atoms with Crippen LogP contribution < -0.4 is 0 Å². The third-order valence-electron chi connectivity index (χ3n) is 1.64. The summed E-state index contributed by atoms with van der Waals surface area (Å²) in [7, 11) is 0. The number of benzene rings is 1. The van der Waals surface area contributed by atoms with Gasteiger partial charge in [-0.15, -0.1) is 0 Å². The molecular weight excluding hydrogens is 174 g/mol. The lowest BCUT2D eigenvalue weighted by atomic mass is 10.1. The van der Waals surface area contributed by atoms with E-state index in [1.54, 1.807) is 6.07 Å². The number of hydrogen-bond donors (Lipinski definition) is 1. The zero-order valence-electron chi connectivity index (χ0n) is 6.79. The van der Waals surface area contributed by atoms with Gasteiger partial charge in [0.2, 0.25) is 0 Å². The molecule has 1 N–H and O–H groups in total. The van der Waals surface area contributed by atoms with Gasteiger partial charge in [-0.1, -0.05) is 41.9 Å². The molecule has 1 aromatic carbocycles. The largest absolute Gasteiger partial charge is 0.411 e. The fourth-order valence-electron chi connectivity index (χ4n) is 1.01. The Morgan fingerprint density at radius 3 is 2.67 bits per heavy atom. The van der Waals surface area contributed by atoms with E-state index in [1.165, 1.54) is 0 Å². The first-order valence-corrected chi connectivity index (χ1v) is 4.13. The molecule has 0 heterocycles. The molecule has 0 aliphatic rings. The number of hydrogen-bond acceptors (Lipinski definition) is 2. The molecule has 3 heteroatoms. The number of halogens is 1. The van der Waals surface area contributed by atoms with E-state index in [0.717, 1.165) is 5.56 Å². The Morgan fingerprint density at radius 1 is 1.50 bits per heavy atom. The van der Waals surface area contributed by atoms with Gasteiger partial charge in [-0.3, -0.25) is 0 Å². The first-order chi connectivity index (χ1) is 5.79. The van der Waals surface area contributed by atoms with E-state index in [-0.39, 0.29) is 0 Å². The second-order valence-corrected chi connectivity index (χ2v) is 2.79. The van der Waals surface area contributed by atoms with Crippen molar-refractivity contribution in [3.05, 3.63) is 34.9 Å². The van der Waals surface area contributed by atoms with Gasteiger partial charge in [0, 0.05) is 10.6 Å². The third kappa shape index (κ3) is 1.77. The maximum atomic E-state index is 8.63. The summed E-state index contributed by atoms with van der Waals surface area (Å²) in [6.45, 7) is 1.92. The van der Waals surface area contributed by atoms with Crippen LogP contribution in [0, 0.1) is 0 Å². The molecular formula is C9H10ClNO. The van der Waals surface area contributed by atoms with Crippen molar-refractivity contribution in [2.24, 2.45) is 5.16 Å². The zero-order chi connectivity index (χ0) is 8.97. The average molecular weight is 184 g/mol. The fourth-order valence-corrected chi connectivity index (χ4v) is 1.26. The molecule has 0 unspecified atom stereocenters. The highest BCUT2D eigenvalue weighted by Gasteiger charge is 2.04. The lowest BCUT2D eigenvalue weighted by molar-refractivity contribution is 0.318. The van der Waals surface area contributed by atoms with E-state index in [2.05, 4.69) is 5.16 Å². The molecule has 0 atom stereocenters. The van der Waals surface area contributed by atoms with Gasteiger partial charge >= 0.3 is 0 Å². The first-order valence-electron chi connectivity index (χ1n) is 3.75. The van der Waals surface area contributed by atoms with Gasteiger partial charge in [0.15, 0.2) is 0 Å². The van der Waals surface area contributed by atoms with Crippen molar-refractivity contribution in [1.82, 2.24) is 0 Å². The monoisotopic (exact) mass is 183 g/mol. The summed E-state index contributed by atoms with van der Waals surface area (Å²) in [5.74, 6) is 0. The molecule has 12 heavy (non-hydrogen) atoms. The van der Waals surface area contributed by atoms with Crippen LogP contribution in [0.4, 0.5) is 0 Å². The van der Waals surface area contributed by atoms with Gasteiger partial charge in [0.1, 0.15) is 0 Å². The minimum Gasteiger partial charge on any atom is -0.411 e. The summed E-state index contributed by atoms with van der Waals surface area (Å²) in [6, 6.07) is 7.32. The van der Waals surface area contributed by atoms with Crippen LogP contribution >= 0.6 is 11.6 Å². The number of rotatable bonds is 2. The van der Waals surface area contributed by atoms with Gasteiger partial charge in [0.05, 0.1) is 5.71 Å². The Morgan fingerprint density at radius 2 is 2.17 bits per heavy atom. The Balaban J connectivity index is 3.10. The molecule has 1 aromatic rings. The van der Waals surface area contributed by atoms with Crippen molar-refractivity contribution in [2.75, 3.05) is 0 Å². The second kappa shape index (κ2) is 4.12. The predicted molar refractivity (Wildman–Crippen MR) is 50.1 cm³/mol. The van der Waals surface area contributed by atoms with Crippen LogP contribution in [0.5, 0.6) is 0 Å². The Kier molecular flexibility index (Phi) is 3.11. The molecule has 0 saturated carbocycles. The van der Waals surface area contributed by atoms with Crippen LogP contribution in [0.15, 0.2) is 29.4 Å². The number of oxime groups is 1. The van der Waals surface area contributed by atoms with E-state index in [4.69, 9.17) is 16.8 Å². The summed E-state index contributed by atoms with van der Waals surface area (Å²) < 4.78 is 0. The van der Waals surface area contributed by atoms with E-state index in [9.17, 15) is 0 Å². The summed E-state index contributed by atoms with van der Waals surface area (Å²) in [5.41, 5.74) is 1.41. The maximum Gasteiger partial charge on any atom is 0.0880 e. The summed E-state index contributed by atoms with van der Waals surface area (Å²) in [4.78, 5) is 0. The van der Waals surface area contributed by atoms with Crippen LogP contribution in [0.2, 0.25) is 5.02 Å². The van der Waals surface area contributed by atoms with Crippen molar-refractivity contribution < 1.29 is 5.21 Å². The molecule has 0 aliphatic carbocycles. The van der Waals surface area contributed by atoms with Gasteiger partial charge in [-0.25, -0.2) is 0 Å². The van der Waals surface area contributed by atoms with Crippen LogP contribution in [-0.4, -0.2) is 10.9 Å². The third-order valence-corrected chi connectivity index (χ3v) is 1.97. The quantitative estimate of drug-likeness (QED) is 0.427. The summed E-state index contributed by atoms with van der Waals surface area (Å²) >= 11 is 5.88. The maximum absolute atomic E-state index is 8.63. The van der Waals surface area contributed by atoms with E-state index >= 15 is 0 Å². The molecule has 0 saturated heterocycles. The van der Waals surface area contributed by atoms with Crippen molar-refractivity contribution in [3.8, 4) is 0 Å². The molecule has 0 fully saturated rings. The normalized spacial score (nSPS) is 11.7. The number of nitrogens with zero attached hydrogens (tertiary/aromatic N) is 1. The minimum atomic E-state index is 0.612. The van der Waals surface area contributed by atoms with Gasteiger partial charge in [0.25, 0.3) is 0 Å². The van der Waals surface area contributed by atoms with Crippen LogP contribution in [0.1, 0.15) is 18.9 Å². The molecule has 1 rings (SSSR count). The Hall–Kier alpha value is -1.02. The smallest absolute Gasteiger partial charge is 0.0880 e. The molecule has 0 amide bonds. The Labute approximate surface area is 76.5 Å². The fraction of sp³-hybridized carbons (Fsp3) is 0.222. The highest BCUT2D eigenvalue weighted by molar-refractivity contribution is 6.34. The summed E-state index contributed by atoms with van der Waals surface area (Å²) in [6.07, 6.45) is 0.667. The van der Waals surface area contributed by atoms with Crippen molar-refractivity contribution >= 4 is 17.3 Å². The lowest BCUT2D eigenvalue weighted by Gasteiger charge is -2.02. The van der Waals surface area contributed by atoms with Crippen LogP contribution in [-0.2, 0) is 0 Å². The van der Waals surface area contributed by atoms with E-state index < -0.39 is 0 Å². The van der Waals surface area contributed by atoms with Crippen molar-refractivity contribution in [3.63, 3.8) is 0 Å². The van der Waals surface area contributed by atoms with Crippen molar-refractivity contribution in [1.29, 1.82) is 0 Å². The SMILES string of the molecule is CCC(=NO)c1ccccc1Cl. The zero-order valence-corrected chi connectivity index (χ0v) is 7.54. The Bertz CT molecular complexity index is 296. The molecule has 0 bridgehead atoms. The van der Waals surface area contributed by atoms with Crippen LogP contribution in [0.3, 0.4) is 0 Å². The average Bonchev–Trinajstić information content (AvgIpc) is 2.10. The topological polar surface area (TPSA) is 32.6 Å². The first kappa shape index (κ1) is 9.07. The molecule has 0 spiro atoms. The van der Waals surface area contributed by atoms with E-state index in [1.807, 2.05) is 25.1 Å². The highest BCUT2D eigenvalue weighted by Crippen LogP contribution is 2.16. The molecule has 0 aliphatic heterocycles. The summed E-state index contributed by atoms with van der Waals surface area (Å²) in [5, 5.41) is 12.4. The molecule has 64 valence electrons. The predicted octanol–water partition coefficient (Wildman–Crippen LogP) is 2.93. The van der Waals surface area contributed by atoms with Gasteiger partial charge < -0.3 is 5.21 Å². The van der Waals surface area contributed by atoms with Crippen molar-refractivity contribution in [2.45, 2.75) is 13.3 Å². The second-order valence-electron chi connectivity index (χ2n) is 2.38. The van der Waals surface area contributed by atoms with Gasteiger partial charge in [-0.05, 0) is 12.5 Å².